The molecule has 2 saturated heterocycles. The molecule has 3 aliphatic heterocycles. The lowest BCUT2D eigenvalue weighted by Crippen LogP contribution is -2.59. The second-order valence-electron chi connectivity index (χ2n) is 8.53. The number of nitrogens with one attached hydrogen (secondary N) is 1. The van der Waals surface area contributed by atoms with Crippen LogP contribution in [0.15, 0.2) is 46.0 Å². The summed E-state index contributed by atoms with van der Waals surface area (Å²) in [6, 6.07) is 3.28. The number of thiazole rings is 1. The standard InChI is InChI=1S/C23H24ClFN4O4S/c1-32-23(31)19-18(9-29-13-7-15(30)8-14(29)11-33-10-13)27-21(22-26-4-5-34-22)28-20(19)16-3-2-12(25)6-17(16)24/h2-6,13-15,20,30H,7-11H2,1H3,(H,27,28)/t13?,14?,15?,20-/m0/s1. The quantitative estimate of drug-likeness (QED) is 0.602. The molecule has 1 aromatic heterocycles. The average molecular weight is 507 g/mol. The third kappa shape index (κ3) is 4.48. The summed E-state index contributed by atoms with van der Waals surface area (Å²) < 4.78 is 24.7. The Morgan fingerprint density at radius 2 is 2.15 bits per heavy atom. The van der Waals surface area contributed by atoms with E-state index in [9.17, 15) is 14.3 Å². The molecule has 8 nitrogen and oxygen atoms in total. The Labute approximate surface area is 205 Å². The summed E-state index contributed by atoms with van der Waals surface area (Å²) in [7, 11) is 1.32. The predicted molar refractivity (Wildman–Crippen MR) is 125 cm³/mol. The fraction of sp³-hybridized carbons (Fsp3) is 0.435. The van der Waals surface area contributed by atoms with Crippen molar-refractivity contribution in [1.82, 2.24) is 15.2 Å². The van der Waals surface area contributed by atoms with Gasteiger partial charge in [0.1, 0.15) is 11.9 Å². The number of fused-ring (bicyclic) bond motifs is 2. The zero-order valence-corrected chi connectivity index (χ0v) is 20.0. The second kappa shape index (κ2) is 9.71. The number of nitrogens with zero attached hydrogens (tertiary/aromatic N) is 3. The maximum Gasteiger partial charge on any atom is 0.338 e. The normalized spacial score (nSPS) is 27.2. The molecule has 3 aliphatic rings. The molecule has 0 spiro atoms. The minimum absolute atomic E-state index is 0.0192. The van der Waals surface area contributed by atoms with Gasteiger partial charge in [-0.2, -0.15) is 0 Å². The van der Waals surface area contributed by atoms with Crippen LogP contribution in [0, 0.1) is 5.82 Å². The van der Waals surface area contributed by atoms with Crippen molar-refractivity contribution in [2.24, 2.45) is 4.99 Å². The number of methoxy groups -OCH3 is 1. The van der Waals surface area contributed by atoms with E-state index < -0.39 is 17.8 Å². The van der Waals surface area contributed by atoms with Crippen molar-refractivity contribution < 1.29 is 23.8 Å². The van der Waals surface area contributed by atoms with Crippen molar-refractivity contribution in [3.63, 3.8) is 0 Å². The van der Waals surface area contributed by atoms with E-state index in [-0.39, 0.29) is 23.2 Å². The van der Waals surface area contributed by atoms with Gasteiger partial charge >= 0.3 is 5.97 Å². The molecule has 3 atom stereocenters. The number of rotatable bonds is 5. The molecule has 4 heterocycles. The lowest BCUT2D eigenvalue weighted by molar-refractivity contribution is -0.136. The number of carbonyl (C=O) groups excluding carboxylic acids is 1. The maximum absolute atomic E-state index is 13.8. The SMILES string of the molecule is COC(=O)C1=C(CN2C3COCC2CC(O)C3)NC(c2nccs2)=N[C@H]1c1ccc(F)cc1Cl. The molecular weight excluding hydrogens is 483 g/mol. The number of aromatic nitrogens is 1. The molecule has 2 fully saturated rings. The van der Waals surface area contributed by atoms with Crippen molar-refractivity contribution in [2.45, 2.75) is 37.1 Å². The molecular formula is C23H24ClFN4O4S. The average Bonchev–Trinajstić information content (AvgIpc) is 3.34. The zero-order chi connectivity index (χ0) is 23.8. The van der Waals surface area contributed by atoms with Crippen LogP contribution in [-0.4, -0.2) is 71.9 Å². The summed E-state index contributed by atoms with van der Waals surface area (Å²) in [6.45, 7) is 1.42. The molecule has 1 aromatic carbocycles. The van der Waals surface area contributed by atoms with E-state index in [1.807, 2.05) is 5.38 Å². The molecule has 5 rings (SSSR count). The summed E-state index contributed by atoms with van der Waals surface area (Å²) in [4.78, 5) is 24.5. The number of morpholine rings is 1. The van der Waals surface area contributed by atoms with Gasteiger partial charge in [-0.3, -0.25) is 9.89 Å². The van der Waals surface area contributed by atoms with E-state index >= 15 is 0 Å². The highest BCUT2D eigenvalue weighted by Gasteiger charge is 2.41. The van der Waals surface area contributed by atoms with Gasteiger partial charge in [-0.25, -0.2) is 14.2 Å². The molecule has 2 unspecified atom stereocenters. The Morgan fingerprint density at radius 3 is 2.79 bits per heavy atom. The van der Waals surface area contributed by atoms with Gasteiger partial charge in [0.05, 0.1) is 32.0 Å². The van der Waals surface area contributed by atoms with Crippen molar-refractivity contribution in [3.05, 3.63) is 62.5 Å². The van der Waals surface area contributed by atoms with Gasteiger partial charge in [0.15, 0.2) is 10.8 Å². The Balaban J connectivity index is 1.60. The Bertz CT molecular complexity index is 1130. The first kappa shape index (κ1) is 23.4. The third-order valence-electron chi connectivity index (χ3n) is 6.41. The number of hydrogen-bond donors (Lipinski definition) is 2. The van der Waals surface area contributed by atoms with Crippen LogP contribution < -0.4 is 5.32 Å². The molecule has 0 saturated carbocycles. The molecule has 180 valence electrons. The molecule has 11 heteroatoms. The number of aliphatic hydroxyl groups is 1. The van der Waals surface area contributed by atoms with E-state index in [0.29, 0.717) is 60.3 Å². The first-order chi connectivity index (χ1) is 16.4. The van der Waals surface area contributed by atoms with E-state index in [4.69, 9.17) is 26.1 Å². The van der Waals surface area contributed by atoms with Crippen LogP contribution >= 0.6 is 22.9 Å². The summed E-state index contributed by atoms with van der Waals surface area (Å²) >= 11 is 7.82. The summed E-state index contributed by atoms with van der Waals surface area (Å²) in [5, 5.41) is 16.2. The largest absolute Gasteiger partial charge is 0.466 e. The van der Waals surface area contributed by atoms with Crippen LogP contribution in [-0.2, 0) is 14.3 Å². The van der Waals surface area contributed by atoms with Gasteiger partial charge in [0, 0.05) is 46.5 Å². The smallest absolute Gasteiger partial charge is 0.338 e. The second-order valence-corrected chi connectivity index (χ2v) is 9.84. The van der Waals surface area contributed by atoms with Gasteiger partial charge in [0.2, 0.25) is 0 Å². The predicted octanol–water partition coefficient (Wildman–Crippen LogP) is 2.68. The Morgan fingerprint density at radius 1 is 1.38 bits per heavy atom. The number of amidine groups is 1. The van der Waals surface area contributed by atoms with Gasteiger partial charge in [-0.05, 0) is 25.0 Å². The van der Waals surface area contributed by atoms with Crippen LogP contribution in [0.1, 0.15) is 29.5 Å². The molecule has 34 heavy (non-hydrogen) atoms. The number of hydrogen-bond acceptors (Lipinski definition) is 9. The van der Waals surface area contributed by atoms with E-state index in [0.717, 1.165) is 0 Å². The number of halogens is 2. The van der Waals surface area contributed by atoms with Crippen LogP contribution in [0.3, 0.4) is 0 Å². The number of aliphatic imine (C=N–C) groups is 1. The Hall–Kier alpha value is -2.37. The number of piperidine rings is 1. The Kier molecular flexibility index (Phi) is 6.67. The van der Waals surface area contributed by atoms with Crippen LogP contribution in [0.4, 0.5) is 4.39 Å². The van der Waals surface area contributed by atoms with Gasteiger partial charge in [-0.1, -0.05) is 17.7 Å². The van der Waals surface area contributed by atoms with E-state index in [2.05, 4.69) is 15.2 Å². The minimum atomic E-state index is -0.804. The third-order valence-corrected chi connectivity index (χ3v) is 7.52. The van der Waals surface area contributed by atoms with Crippen LogP contribution in [0.5, 0.6) is 0 Å². The van der Waals surface area contributed by atoms with Crippen molar-refractivity contribution in [2.75, 3.05) is 26.9 Å². The van der Waals surface area contributed by atoms with Crippen molar-refractivity contribution in [1.29, 1.82) is 0 Å². The molecule has 0 radical (unpaired) electrons. The van der Waals surface area contributed by atoms with Crippen LogP contribution in [0.25, 0.3) is 0 Å². The first-order valence-corrected chi connectivity index (χ1v) is 12.2. The van der Waals surface area contributed by atoms with Crippen molar-refractivity contribution >= 4 is 34.7 Å². The number of esters is 1. The monoisotopic (exact) mass is 506 g/mol. The van der Waals surface area contributed by atoms with Gasteiger partial charge < -0.3 is 19.9 Å². The summed E-state index contributed by atoms with van der Waals surface area (Å²) in [5.41, 5.74) is 1.42. The van der Waals surface area contributed by atoms with Gasteiger partial charge in [0.25, 0.3) is 0 Å². The van der Waals surface area contributed by atoms with E-state index in [1.165, 1.54) is 36.6 Å². The molecule has 2 bridgehead atoms. The lowest BCUT2D eigenvalue weighted by atomic mass is 9.90. The molecule has 0 aliphatic carbocycles. The minimum Gasteiger partial charge on any atom is -0.466 e. The zero-order valence-electron chi connectivity index (χ0n) is 18.4. The summed E-state index contributed by atoms with van der Waals surface area (Å²) in [5.74, 6) is -0.523. The fourth-order valence-electron chi connectivity index (χ4n) is 4.87. The molecule has 2 aromatic rings. The number of benzene rings is 1. The van der Waals surface area contributed by atoms with Crippen molar-refractivity contribution in [3.8, 4) is 0 Å². The molecule has 0 amide bonds. The topological polar surface area (TPSA) is 96.3 Å². The highest BCUT2D eigenvalue weighted by atomic mass is 35.5. The number of carbonyl (C=O) groups is 1. The molecule has 2 N–H and O–H groups in total. The number of aliphatic hydroxyl groups excluding tert-OH is 1. The lowest BCUT2D eigenvalue weighted by Gasteiger charge is -2.48. The maximum atomic E-state index is 13.8. The number of ether oxygens (including phenoxy) is 2. The first-order valence-electron chi connectivity index (χ1n) is 11.0. The van der Waals surface area contributed by atoms with E-state index in [1.54, 1.807) is 6.20 Å². The van der Waals surface area contributed by atoms with Gasteiger partial charge in [-0.15, -0.1) is 11.3 Å². The summed E-state index contributed by atoms with van der Waals surface area (Å²) in [6.07, 6.45) is 2.49. The fourth-order valence-corrected chi connectivity index (χ4v) is 5.73. The highest BCUT2D eigenvalue weighted by Crippen LogP contribution is 2.38. The van der Waals surface area contributed by atoms with Crippen LogP contribution in [0.2, 0.25) is 5.02 Å². The highest BCUT2D eigenvalue weighted by molar-refractivity contribution is 7.11.